The molecule has 5 heteroatoms. The number of rotatable bonds is 5. The zero-order valence-corrected chi connectivity index (χ0v) is 13.5. The fourth-order valence-corrected chi connectivity index (χ4v) is 2.12. The van der Waals surface area contributed by atoms with E-state index in [1.54, 1.807) is 19.1 Å². The van der Waals surface area contributed by atoms with Crippen LogP contribution in [0.4, 0.5) is 5.69 Å². The molecule has 2 aromatic rings. The van der Waals surface area contributed by atoms with Gasteiger partial charge >= 0.3 is 0 Å². The first-order valence-electron chi connectivity index (χ1n) is 6.88. The fraction of sp³-hybridized carbons (Fsp3) is 0.235. The lowest BCUT2D eigenvalue weighted by Gasteiger charge is -2.08. The van der Waals surface area contributed by atoms with Gasteiger partial charge in [-0.3, -0.25) is 4.79 Å². The number of ether oxygens (including phenoxy) is 1. The summed E-state index contributed by atoms with van der Waals surface area (Å²) in [7, 11) is 0. The van der Waals surface area contributed by atoms with E-state index in [0.29, 0.717) is 34.4 Å². The summed E-state index contributed by atoms with van der Waals surface area (Å²) in [6.45, 7) is 6.21. The van der Waals surface area contributed by atoms with E-state index in [-0.39, 0.29) is 5.91 Å². The number of benzene rings is 1. The van der Waals surface area contributed by atoms with Crippen LogP contribution in [0.25, 0.3) is 0 Å². The zero-order chi connectivity index (χ0) is 16.1. The minimum atomic E-state index is -0.308. The number of aryl methyl sites for hydroxylation is 1. The summed E-state index contributed by atoms with van der Waals surface area (Å²) < 4.78 is 10.7. The van der Waals surface area contributed by atoms with E-state index in [4.69, 9.17) is 20.8 Å². The third-order valence-corrected chi connectivity index (χ3v) is 3.27. The van der Waals surface area contributed by atoms with Crippen molar-refractivity contribution >= 4 is 23.2 Å². The highest BCUT2D eigenvalue weighted by Crippen LogP contribution is 2.24. The molecule has 1 amide bonds. The van der Waals surface area contributed by atoms with Crippen molar-refractivity contribution in [3.63, 3.8) is 0 Å². The molecule has 1 aromatic carbocycles. The molecule has 0 aliphatic carbocycles. The average Bonchev–Trinajstić information content (AvgIpc) is 2.78. The van der Waals surface area contributed by atoms with Crippen LogP contribution in [0.3, 0.4) is 0 Å². The van der Waals surface area contributed by atoms with Crippen LogP contribution in [0.5, 0.6) is 5.75 Å². The van der Waals surface area contributed by atoms with Gasteiger partial charge in [-0.15, -0.1) is 0 Å². The number of carbonyl (C=O) groups excluding carboxylic acids is 1. The molecule has 22 heavy (non-hydrogen) atoms. The monoisotopic (exact) mass is 319 g/mol. The molecule has 0 fully saturated rings. The lowest BCUT2D eigenvalue weighted by atomic mass is 10.2. The van der Waals surface area contributed by atoms with Crippen LogP contribution in [0.1, 0.15) is 30.0 Å². The van der Waals surface area contributed by atoms with E-state index in [9.17, 15) is 4.79 Å². The van der Waals surface area contributed by atoms with Crippen LogP contribution in [-0.4, -0.2) is 12.5 Å². The van der Waals surface area contributed by atoms with E-state index in [1.165, 1.54) is 11.8 Å². The van der Waals surface area contributed by atoms with Crippen molar-refractivity contribution in [3.05, 3.63) is 58.5 Å². The lowest BCUT2D eigenvalue weighted by Crippen LogP contribution is -2.12. The molecule has 1 aromatic heterocycles. The maximum atomic E-state index is 12.2. The quantitative estimate of drug-likeness (QED) is 0.802. The number of amides is 1. The van der Waals surface area contributed by atoms with Gasteiger partial charge in [0.15, 0.2) is 0 Å². The molecular formula is C17H18ClNO3. The number of hydrogen-bond donors (Lipinski definition) is 1. The topological polar surface area (TPSA) is 51.5 Å². The van der Waals surface area contributed by atoms with Crippen molar-refractivity contribution in [2.45, 2.75) is 20.8 Å². The Morgan fingerprint density at radius 2 is 2.18 bits per heavy atom. The number of halogens is 1. The molecule has 0 aliphatic rings. The summed E-state index contributed by atoms with van der Waals surface area (Å²) >= 11 is 5.95. The fourth-order valence-electron chi connectivity index (χ4n) is 1.86. The van der Waals surface area contributed by atoms with Gasteiger partial charge in [0.1, 0.15) is 24.4 Å². The highest BCUT2D eigenvalue weighted by molar-refractivity contribution is 6.34. The average molecular weight is 320 g/mol. The van der Waals surface area contributed by atoms with Gasteiger partial charge in [-0.1, -0.05) is 23.2 Å². The summed E-state index contributed by atoms with van der Waals surface area (Å²) in [5, 5.41) is 3.08. The largest absolute Gasteiger partial charge is 0.489 e. The number of anilines is 1. The molecule has 1 heterocycles. The maximum absolute atomic E-state index is 12.2. The van der Waals surface area contributed by atoms with Gasteiger partial charge in [0.05, 0.1) is 10.6 Å². The van der Waals surface area contributed by atoms with Crippen LogP contribution in [-0.2, 0) is 0 Å². The van der Waals surface area contributed by atoms with Crippen molar-refractivity contribution < 1.29 is 13.9 Å². The number of carbonyl (C=O) groups is 1. The first-order valence-corrected chi connectivity index (χ1v) is 7.26. The van der Waals surface area contributed by atoms with Crippen molar-refractivity contribution in [3.8, 4) is 5.75 Å². The second kappa shape index (κ2) is 7.18. The van der Waals surface area contributed by atoms with Crippen molar-refractivity contribution in [1.29, 1.82) is 0 Å². The first kappa shape index (κ1) is 16.2. The normalized spacial score (nSPS) is 10.2. The summed E-state index contributed by atoms with van der Waals surface area (Å²) in [5.41, 5.74) is 2.17. The smallest absolute Gasteiger partial charge is 0.260 e. The standard InChI is InChI=1S/C17H18ClNO3/c1-11(2)7-8-21-14-6-4-5-13(9-14)19-17(20)16-12(3)22-10-15(16)18/h4-7,9-10H,8H2,1-3H3,(H,19,20). The van der Waals surface area contributed by atoms with Crippen LogP contribution in [0, 0.1) is 6.92 Å². The Morgan fingerprint density at radius 3 is 2.82 bits per heavy atom. The minimum Gasteiger partial charge on any atom is -0.489 e. The Labute approximate surface area is 134 Å². The van der Waals surface area contributed by atoms with Gasteiger partial charge in [-0.25, -0.2) is 0 Å². The molecule has 116 valence electrons. The zero-order valence-electron chi connectivity index (χ0n) is 12.8. The molecule has 1 N–H and O–H groups in total. The molecule has 0 unspecified atom stereocenters. The van der Waals surface area contributed by atoms with Gasteiger partial charge in [-0.2, -0.15) is 0 Å². The minimum absolute atomic E-state index is 0.297. The summed E-state index contributed by atoms with van der Waals surface area (Å²) in [6, 6.07) is 7.21. The summed E-state index contributed by atoms with van der Waals surface area (Å²) in [5.74, 6) is 0.862. The van der Waals surface area contributed by atoms with Crippen molar-refractivity contribution in [2.24, 2.45) is 0 Å². The van der Waals surface area contributed by atoms with Gasteiger partial charge in [0.25, 0.3) is 5.91 Å². The predicted octanol–water partition coefficient (Wildman–Crippen LogP) is 4.84. The molecule has 2 rings (SSSR count). The Morgan fingerprint density at radius 1 is 1.41 bits per heavy atom. The third kappa shape index (κ3) is 4.15. The van der Waals surface area contributed by atoms with Crippen molar-refractivity contribution in [2.75, 3.05) is 11.9 Å². The number of allylic oxidation sites excluding steroid dienone is 1. The first-order chi connectivity index (χ1) is 10.5. The molecule has 0 atom stereocenters. The summed E-state index contributed by atoms with van der Waals surface area (Å²) in [4.78, 5) is 12.2. The van der Waals surface area contributed by atoms with Gasteiger partial charge in [0.2, 0.25) is 0 Å². The second-order valence-electron chi connectivity index (χ2n) is 5.09. The van der Waals surface area contributed by atoms with E-state index in [2.05, 4.69) is 5.32 Å². The lowest BCUT2D eigenvalue weighted by molar-refractivity contribution is 0.102. The van der Waals surface area contributed by atoms with Gasteiger partial charge in [0, 0.05) is 11.8 Å². The van der Waals surface area contributed by atoms with Crippen LogP contribution in [0.15, 0.2) is 46.6 Å². The van der Waals surface area contributed by atoms with Gasteiger partial charge in [-0.05, 0) is 39.0 Å². The molecule has 0 radical (unpaired) electrons. The number of furan rings is 1. The van der Waals surface area contributed by atoms with E-state index >= 15 is 0 Å². The van der Waals surface area contributed by atoms with E-state index in [1.807, 2.05) is 32.1 Å². The summed E-state index contributed by atoms with van der Waals surface area (Å²) in [6.07, 6.45) is 3.34. The Balaban J connectivity index is 2.07. The van der Waals surface area contributed by atoms with E-state index < -0.39 is 0 Å². The van der Waals surface area contributed by atoms with Crippen LogP contribution >= 0.6 is 11.6 Å². The third-order valence-electron chi connectivity index (χ3n) is 2.99. The van der Waals surface area contributed by atoms with Crippen LogP contribution < -0.4 is 10.1 Å². The molecule has 0 bridgehead atoms. The number of nitrogens with one attached hydrogen (secondary N) is 1. The van der Waals surface area contributed by atoms with E-state index in [0.717, 1.165) is 0 Å². The number of hydrogen-bond acceptors (Lipinski definition) is 3. The molecule has 0 saturated heterocycles. The molecule has 0 aliphatic heterocycles. The Kier molecular flexibility index (Phi) is 5.28. The van der Waals surface area contributed by atoms with Crippen molar-refractivity contribution in [1.82, 2.24) is 0 Å². The van der Waals surface area contributed by atoms with Crippen LogP contribution in [0.2, 0.25) is 5.02 Å². The van der Waals surface area contributed by atoms with Gasteiger partial charge < -0.3 is 14.5 Å². The Hall–Kier alpha value is -2.20. The highest BCUT2D eigenvalue weighted by Gasteiger charge is 2.17. The second-order valence-corrected chi connectivity index (χ2v) is 5.50. The molecular weight excluding hydrogens is 302 g/mol. The molecule has 0 spiro atoms. The SMILES string of the molecule is CC(C)=CCOc1cccc(NC(=O)c2c(Cl)coc2C)c1. The maximum Gasteiger partial charge on any atom is 0.260 e. The Bertz CT molecular complexity index is 680. The molecule has 4 nitrogen and oxygen atoms in total. The highest BCUT2D eigenvalue weighted by atomic mass is 35.5. The molecule has 0 saturated carbocycles. The predicted molar refractivity (Wildman–Crippen MR) is 87.8 cm³/mol.